The molecule has 1 amide bonds. The number of hydrogen-bond donors (Lipinski definition) is 1. The quantitative estimate of drug-likeness (QED) is 0.484. The number of carbonyl (C=O) groups excluding carboxylic acids is 2. The van der Waals surface area contributed by atoms with Crippen LogP contribution >= 0.6 is 0 Å². The second kappa shape index (κ2) is 7.52. The first-order valence-corrected chi connectivity index (χ1v) is 14.2. The first-order valence-electron chi connectivity index (χ1n) is 14.2. The summed E-state index contributed by atoms with van der Waals surface area (Å²) in [7, 11) is 0. The SMILES string of the molecule is CC(=O)N1C[C@H](C)CCC12O[C@@]1(C=N)CC3[C@@H]4CCC5=CC(=O)CC[C@]5(C)C4CC[C@]3(C)C1[C@@H]2C. The molecule has 0 aromatic heterocycles. The lowest BCUT2D eigenvalue weighted by atomic mass is 9.46. The van der Waals surface area contributed by atoms with Crippen molar-refractivity contribution in [3.8, 4) is 0 Å². The summed E-state index contributed by atoms with van der Waals surface area (Å²) in [5, 5.41) is 8.70. The number of fused-ring (bicyclic) bond motifs is 7. The Labute approximate surface area is 210 Å². The number of carbonyl (C=O) groups is 2. The molecular formula is C30H44N2O3. The molecule has 5 fully saturated rings. The van der Waals surface area contributed by atoms with Crippen molar-refractivity contribution < 1.29 is 14.3 Å². The molecule has 2 aliphatic heterocycles. The van der Waals surface area contributed by atoms with Gasteiger partial charge >= 0.3 is 0 Å². The minimum atomic E-state index is -0.568. The molecule has 10 atom stereocenters. The number of allylic oxidation sites excluding steroid dienone is 1. The molecule has 0 aromatic rings. The van der Waals surface area contributed by atoms with Crippen LogP contribution in [0.2, 0.25) is 0 Å². The van der Waals surface area contributed by atoms with Crippen molar-refractivity contribution in [2.75, 3.05) is 6.54 Å². The molecular weight excluding hydrogens is 436 g/mol. The normalized spacial score (nSPS) is 52.9. The van der Waals surface area contributed by atoms with Crippen LogP contribution in [0, 0.1) is 51.7 Å². The van der Waals surface area contributed by atoms with Gasteiger partial charge in [-0.2, -0.15) is 0 Å². The van der Waals surface area contributed by atoms with Gasteiger partial charge in [-0.25, -0.2) is 0 Å². The lowest BCUT2D eigenvalue weighted by Crippen LogP contribution is -2.60. The van der Waals surface area contributed by atoms with E-state index in [1.807, 2.05) is 11.0 Å². The van der Waals surface area contributed by atoms with Crippen LogP contribution in [-0.4, -0.2) is 40.7 Å². The fourth-order valence-corrected chi connectivity index (χ4v) is 10.8. The number of nitrogens with one attached hydrogen (secondary N) is 1. The van der Waals surface area contributed by atoms with E-state index in [9.17, 15) is 9.59 Å². The third-order valence-corrected chi connectivity index (χ3v) is 12.3. The van der Waals surface area contributed by atoms with Gasteiger partial charge in [0, 0.05) is 37.9 Å². The van der Waals surface area contributed by atoms with Gasteiger partial charge in [0.2, 0.25) is 5.91 Å². The molecule has 6 rings (SSSR count). The zero-order valence-corrected chi connectivity index (χ0v) is 22.4. The highest BCUT2D eigenvalue weighted by Crippen LogP contribution is 2.73. The molecule has 0 aromatic carbocycles. The molecule has 2 heterocycles. The Bertz CT molecular complexity index is 1010. The van der Waals surface area contributed by atoms with Crippen molar-refractivity contribution in [1.82, 2.24) is 4.90 Å². The summed E-state index contributed by atoms with van der Waals surface area (Å²) >= 11 is 0. The van der Waals surface area contributed by atoms with E-state index in [1.54, 1.807) is 13.1 Å². The fraction of sp³-hybridized carbons (Fsp3) is 0.833. The first-order chi connectivity index (χ1) is 16.5. The van der Waals surface area contributed by atoms with E-state index in [1.165, 1.54) is 12.0 Å². The number of piperidine rings is 1. The third kappa shape index (κ3) is 2.94. The standard InChI is InChI=1S/C30H44N2O3/c1-18-8-13-30(32(16-18)20(3)33)19(2)26-28(5)12-10-24-23(25(28)15-29(26,17-31)35-30)7-6-21-14-22(34)9-11-27(21,24)4/h14,17-19,23-26,31H,6-13,15-16H2,1-5H3/t18-,19+,23-,24?,25?,26?,27+,28+,29-,30?/m1/s1. The van der Waals surface area contributed by atoms with Crippen LogP contribution in [0.15, 0.2) is 11.6 Å². The van der Waals surface area contributed by atoms with E-state index in [0.717, 1.165) is 51.5 Å². The molecule has 5 nitrogen and oxygen atoms in total. The van der Waals surface area contributed by atoms with Gasteiger partial charge in [-0.15, -0.1) is 0 Å². The maximum absolute atomic E-state index is 12.9. The Morgan fingerprint density at radius 1 is 1.11 bits per heavy atom. The second-order valence-corrected chi connectivity index (χ2v) is 13.8. The number of ether oxygens (including phenoxy) is 1. The monoisotopic (exact) mass is 480 g/mol. The van der Waals surface area contributed by atoms with Gasteiger partial charge in [-0.1, -0.05) is 33.3 Å². The molecule has 5 heteroatoms. The summed E-state index contributed by atoms with van der Waals surface area (Å²) in [6.45, 7) is 12.0. The van der Waals surface area contributed by atoms with Crippen molar-refractivity contribution in [2.45, 2.75) is 104 Å². The number of likely N-dealkylation sites (tertiary alicyclic amines) is 1. The topological polar surface area (TPSA) is 70.5 Å². The summed E-state index contributed by atoms with van der Waals surface area (Å²) in [5.41, 5.74) is 0.558. The summed E-state index contributed by atoms with van der Waals surface area (Å²) in [4.78, 5) is 27.1. The number of nitrogens with zero attached hydrogens (tertiary/aromatic N) is 1. The predicted octanol–water partition coefficient (Wildman–Crippen LogP) is 5.77. The highest BCUT2D eigenvalue weighted by Gasteiger charge is 2.74. The molecule has 1 spiro atoms. The van der Waals surface area contributed by atoms with Crippen molar-refractivity contribution in [3.05, 3.63) is 11.6 Å². The van der Waals surface area contributed by atoms with E-state index in [-0.39, 0.29) is 28.6 Å². The van der Waals surface area contributed by atoms with E-state index in [4.69, 9.17) is 10.1 Å². The summed E-state index contributed by atoms with van der Waals surface area (Å²) in [6.07, 6.45) is 12.8. The smallest absolute Gasteiger partial charge is 0.221 e. The third-order valence-electron chi connectivity index (χ3n) is 12.3. The number of rotatable bonds is 1. The second-order valence-electron chi connectivity index (χ2n) is 13.8. The van der Waals surface area contributed by atoms with Crippen LogP contribution in [0.3, 0.4) is 0 Å². The van der Waals surface area contributed by atoms with Crippen LogP contribution in [-0.2, 0) is 14.3 Å². The average molecular weight is 481 g/mol. The van der Waals surface area contributed by atoms with Crippen LogP contribution in [0.1, 0.15) is 92.4 Å². The average Bonchev–Trinajstić information content (AvgIpc) is 3.22. The van der Waals surface area contributed by atoms with Crippen molar-refractivity contribution in [3.63, 3.8) is 0 Å². The van der Waals surface area contributed by atoms with Gasteiger partial charge in [-0.05, 0) is 91.9 Å². The van der Waals surface area contributed by atoms with Crippen molar-refractivity contribution in [2.24, 2.45) is 46.3 Å². The van der Waals surface area contributed by atoms with Crippen LogP contribution in [0.5, 0.6) is 0 Å². The fourth-order valence-electron chi connectivity index (χ4n) is 10.8. The van der Waals surface area contributed by atoms with Crippen LogP contribution in [0.4, 0.5) is 0 Å². The van der Waals surface area contributed by atoms with Gasteiger partial charge in [0.05, 0.1) is 0 Å². The molecule has 4 unspecified atom stereocenters. The van der Waals surface area contributed by atoms with Gasteiger partial charge in [0.25, 0.3) is 0 Å². The van der Waals surface area contributed by atoms with Gasteiger partial charge in [0.1, 0.15) is 11.3 Å². The van der Waals surface area contributed by atoms with Crippen molar-refractivity contribution >= 4 is 17.9 Å². The maximum Gasteiger partial charge on any atom is 0.221 e. The predicted molar refractivity (Wildman–Crippen MR) is 136 cm³/mol. The van der Waals surface area contributed by atoms with Crippen LogP contribution in [0.25, 0.3) is 0 Å². The van der Waals surface area contributed by atoms with E-state index < -0.39 is 11.3 Å². The van der Waals surface area contributed by atoms with Crippen LogP contribution < -0.4 is 0 Å². The summed E-state index contributed by atoms with van der Waals surface area (Å²) in [6, 6.07) is 0. The molecule has 6 aliphatic rings. The van der Waals surface area contributed by atoms with E-state index >= 15 is 0 Å². The Hall–Kier alpha value is -1.49. The maximum atomic E-state index is 12.9. The van der Waals surface area contributed by atoms with E-state index in [0.29, 0.717) is 35.9 Å². The first kappa shape index (κ1) is 23.9. The molecule has 0 radical (unpaired) electrons. The van der Waals surface area contributed by atoms with E-state index in [2.05, 4.69) is 27.7 Å². The summed E-state index contributed by atoms with van der Waals surface area (Å²) in [5.74, 6) is 3.21. The molecule has 1 N–H and O–H groups in total. The minimum absolute atomic E-state index is 0.111. The molecule has 4 aliphatic carbocycles. The Morgan fingerprint density at radius 2 is 1.89 bits per heavy atom. The Kier molecular flexibility index (Phi) is 5.13. The number of amides is 1. The Balaban J connectivity index is 1.37. The van der Waals surface area contributed by atoms with Gasteiger partial charge in [-0.3, -0.25) is 9.59 Å². The molecule has 192 valence electrons. The minimum Gasteiger partial charge on any atom is -0.343 e. The largest absolute Gasteiger partial charge is 0.343 e. The molecule has 35 heavy (non-hydrogen) atoms. The van der Waals surface area contributed by atoms with Gasteiger partial charge < -0.3 is 15.0 Å². The highest BCUT2D eigenvalue weighted by atomic mass is 16.6. The zero-order chi connectivity index (χ0) is 25.0. The Morgan fingerprint density at radius 3 is 2.60 bits per heavy atom. The molecule has 2 saturated heterocycles. The lowest BCUT2D eigenvalue weighted by molar-refractivity contribution is -0.207. The molecule has 0 bridgehead atoms. The lowest BCUT2D eigenvalue weighted by Gasteiger charge is -2.59. The van der Waals surface area contributed by atoms with Gasteiger partial charge in [0.15, 0.2) is 5.78 Å². The van der Waals surface area contributed by atoms with Crippen molar-refractivity contribution in [1.29, 1.82) is 5.41 Å². The highest BCUT2D eigenvalue weighted by molar-refractivity contribution is 5.91. The molecule has 3 saturated carbocycles. The number of hydrogen-bond acceptors (Lipinski definition) is 4. The zero-order valence-electron chi connectivity index (χ0n) is 22.4. The summed E-state index contributed by atoms with van der Waals surface area (Å²) < 4.78 is 7.17. The number of ketones is 1.